The van der Waals surface area contributed by atoms with E-state index < -0.39 is 0 Å². The van der Waals surface area contributed by atoms with Gasteiger partial charge in [-0.15, -0.1) is 0 Å². The molecule has 0 saturated heterocycles. The van der Waals surface area contributed by atoms with Crippen molar-refractivity contribution in [3.8, 4) is 5.75 Å². The largest absolute Gasteiger partial charge is 0.489 e. The van der Waals surface area contributed by atoms with Crippen LogP contribution in [0.3, 0.4) is 0 Å². The minimum Gasteiger partial charge on any atom is -0.489 e. The predicted molar refractivity (Wildman–Crippen MR) is 68.3 cm³/mol. The van der Waals surface area contributed by atoms with Crippen LogP contribution in [0.1, 0.15) is 25.8 Å². The van der Waals surface area contributed by atoms with Gasteiger partial charge in [0.15, 0.2) is 0 Å². The van der Waals surface area contributed by atoms with Crippen molar-refractivity contribution in [2.45, 2.75) is 26.7 Å². The molecule has 3 heteroatoms. The molecule has 0 bridgehead atoms. The Morgan fingerprint density at radius 1 is 1.41 bits per heavy atom. The number of ether oxygens (including phenoxy) is 1. The molecule has 0 radical (unpaired) electrons. The lowest BCUT2D eigenvalue weighted by Gasteiger charge is -2.17. The average Bonchev–Trinajstić information content (AvgIpc) is 2.28. The molecule has 0 aromatic heterocycles. The fraction of sp³-hybridized carbons (Fsp3) is 0.357. The quantitative estimate of drug-likeness (QED) is 0.812. The first-order valence-electron chi connectivity index (χ1n) is 5.84. The van der Waals surface area contributed by atoms with Crippen molar-refractivity contribution in [3.63, 3.8) is 0 Å². The Balaban J connectivity index is 2.08. The van der Waals surface area contributed by atoms with E-state index in [4.69, 9.17) is 4.74 Å². The van der Waals surface area contributed by atoms with Crippen LogP contribution in [0.25, 0.3) is 0 Å². The Morgan fingerprint density at radius 2 is 2.24 bits per heavy atom. The molecule has 0 atom stereocenters. The van der Waals surface area contributed by atoms with E-state index in [1.807, 2.05) is 38.1 Å². The number of fused-ring (bicyclic) bond motifs is 1. The number of hydrogen-bond acceptors (Lipinski definition) is 2. The number of allylic oxidation sites excluding steroid dienone is 1. The van der Waals surface area contributed by atoms with Crippen LogP contribution in [0, 0.1) is 0 Å². The second kappa shape index (κ2) is 5.04. The molecular weight excluding hydrogens is 214 g/mol. The second-order valence-electron chi connectivity index (χ2n) is 4.46. The third-order valence-electron chi connectivity index (χ3n) is 2.72. The monoisotopic (exact) mass is 231 g/mol. The van der Waals surface area contributed by atoms with E-state index in [1.54, 1.807) is 0 Å². The van der Waals surface area contributed by atoms with Gasteiger partial charge in [-0.1, -0.05) is 11.6 Å². The van der Waals surface area contributed by atoms with Crippen molar-refractivity contribution < 1.29 is 9.53 Å². The number of nitrogens with one attached hydrogen (secondary N) is 1. The molecule has 1 amide bonds. The van der Waals surface area contributed by atoms with Gasteiger partial charge >= 0.3 is 0 Å². The van der Waals surface area contributed by atoms with Crippen molar-refractivity contribution >= 4 is 11.6 Å². The van der Waals surface area contributed by atoms with Gasteiger partial charge in [-0.2, -0.15) is 0 Å². The zero-order valence-electron chi connectivity index (χ0n) is 10.2. The summed E-state index contributed by atoms with van der Waals surface area (Å²) in [6.45, 7) is 4.64. The van der Waals surface area contributed by atoms with Gasteiger partial charge in [0.2, 0.25) is 5.91 Å². The standard InChI is InChI=1S/C14H17NO2/c1-10(2)7-8-17-12-5-3-11-4-6-14(16)15-13(11)9-12/h3,5,7,9H,4,6,8H2,1-2H3,(H,15,16). The van der Waals surface area contributed by atoms with E-state index in [-0.39, 0.29) is 5.91 Å². The summed E-state index contributed by atoms with van der Waals surface area (Å²) in [7, 11) is 0. The lowest BCUT2D eigenvalue weighted by Crippen LogP contribution is -2.18. The summed E-state index contributed by atoms with van der Waals surface area (Å²) in [4.78, 5) is 11.3. The number of anilines is 1. The third-order valence-corrected chi connectivity index (χ3v) is 2.72. The van der Waals surface area contributed by atoms with Crippen LogP contribution in [0.4, 0.5) is 5.69 Å². The topological polar surface area (TPSA) is 38.3 Å². The Morgan fingerprint density at radius 3 is 3.00 bits per heavy atom. The molecule has 1 aliphatic rings. The van der Waals surface area contributed by atoms with Crippen molar-refractivity contribution in [1.82, 2.24) is 0 Å². The van der Waals surface area contributed by atoms with Gasteiger partial charge in [-0.25, -0.2) is 0 Å². The van der Waals surface area contributed by atoms with Gasteiger partial charge in [0, 0.05) is 18.2 Å². The molecule has 1 N–H and O–H groups in total. The number of benzene rings is 1. The Kier molecular flexibility index (Phi) is 3.47. The normalized spacial score (nSPS) is 13.6. The first-order chi connectivity index (χ1) is 8.15. The summed E-state index contributed by atoms with van der Waals surface area (Å²) >= 11 is 0. The molecule has 0 unspecified atom stereocenters. The Labute approximate surface area is 101 Å². The SMILES string of the molecule is CC(C)=CCOc1ccc2c(c1)NC(=O)CC2. The zero-order valence-corrected chi connectivity index (χ0v) is 10.2. The van der Waals surface area contributed by atoms with E-state index in [1.165, 1.54) is 11.1 Å². The van der Waals surface area contributed by atoms with Crippen LogP contribution < -0.4 is 10.1 Å². The smallest absolute Gasteiger partial charge is 0.224 e. The minimum atomic E-state index is 0.0824. The number of amides is 1. The van der Waals surface area contributed by atoms with Crippen molar-refractivity contribution in [2.24, 2.45) is 0 Å². The average molecular weight is 231 g/mol. The van der Waals surface area contributed by atoms with Crippen LogP contribution in [0.2, 0.25) is 0 Å². The fourth-order valence-electron chi connectivity index (χ4n) is 1.75. The van der Waals surface area contributed by atoms with Gasteiger partial charge in [-0.05, 0) is 38.0 Å². The molecule has 1 aliphatic heterocycles. The van der Waals surface area contributed by atoms with Crippen molar-refractivity contribution in [3.05, 3.63) is 35.4 Å². The molecule has 0 spiro atoms. The highest BCUT2D eigenvalue weighted by atomic mass is 16.5. The van der Waals surface area contributed by atoms with E-state index in [0.717, 1.165) is 17.9 Å². The molecule has 17 heavy (non-hydrogen) atoms. The van der Waals surface area contributed by atoms with Crippen molar-refractivity contribution in [2.75, 3.05) is 11.9 Å². The highest BCUT2D eigenvalue weighted by molar-refractivity contribution is 5.94. The first kappa shape index (κ1) is 11.7. The van der Waals surface area contributed by atoms with Gasteiger partial charge < -0.3 is 10.1 Å². The van der Waals surface area contributed by atoms with Crippen molar-refractivity contribution in [1.29, 1.82) is 0 Å². The zero-order chi connectivity index (χ0) is 12.3. The van der Waals surface area contributed by atoms with Crippen LogP contribution in [-0.2, 0) is 11.2 Å². The maximum absolute atomic E-state index is 11.3. The number of carbonyl (C=O) groups excluding carboxylic acids is 1. The first-order valence-corrected chi connectivity index (χ1v) is 5.84. The summed E-state index contributed by atoms with van der Waals surface area (Å²) in [6, 6.07) is 5.87. The molecule has 1 aromatic rings. The lowest BCUT2D eigenvalue weighted by molar-refractivity contribution is -0.116. The molecule has 3 nitrogen and oxygen atoms in total. The number of rotatable bonds is 3. The maximum atomic E-state index is 11.3. The van der Waals surface area contributed by atoms with Crippen LogP contribution in [-0.4, -0.2) is 12.5 Å². The predicted octanol–water partition coefficient (Wildman–Crippen LogP) is 2.92. The molecular formula is C14H17NO2. The molecule has 1 aromatic carbocycles. The van der Waals surface area contributed by atoms with Gasteiger partial charge in [0.25, 0.3) is 0 Å². The van der Waals surface area contributed by atoms with Gasteiger partial charge in [-0.3, -0.25) is 4.79 Å². The minimum absolute atomic E-state index is 0.0824. The number of carbonyl (C=O) groups is 1. The van der Waals surface area contributed by atoms with Gasteiger partial charge in [0.1, 0.15) is 12.4 Å². The molecule has 0 saturated carbocycles. The van der Waals surface area contributed by atoms with Crippen LogP contribution in [0.5, 0.6) is 5.75 Å². The Hall–Kier alpha value is -1.77. The Bertz CT molecular complexity index is 459. The second-order valence-corrected chi connectivity index (χ2v) is 4.46. The summed E-state index contributed by atoms with van der Waals surface area (Å²) in [5.41, 5.74) is 3.30. The molecule has 1 heterocycles. The molecule has 0 aliphatic carbocycles. The van der Waals surface area contributed by atoms with Crippen LogP contribution >= 0.6 is 0 Å². The maximum Gasteiger partial charge on any atom is 0.224 e. The fourth-order valence-corrected chi connectivity index (χ4v) is 1.75. The van der Waals surface area contributed by atoms with E-state index in [2.05, 4.69) is 5.32 Å². The van der Waals surface area contributed by atoms with E-state index in [0.29, 0.717) is 13.0 Å². The third kappa shape index (κ3) is 3.09. The highest BCUT2D eigenvalue weighted by Crippen LogP contribution is 2.27. The summed E-state index contributed by atoms with van der Waals surface area (Å²) in [6.07, 6.45) is 3.42. The molecule has 90 valence electrons. The molecule has 2 rings (SSSR count). The highest BCUT2D eigenvalue weighted by Gasteiger charge is 2.14. The van der Waals surface area contributed by atoms with E-state index >= 15 is 0 Å². The number of hydrogen-bond donors (Lipinski definition) is 1. The van der Waals surface area contributed by atoms with Crippen LogP contribution in [0.15, 0.2) is 29.8 Å². The number of aryl methyl sites for hydroxylation is 1. The summed E-state index contributed by atoms with van der Waals surface area (Å²) in [5, 5.41) is 2.87. The lowest BCUT2D eigenvalue weighted by atomic mass is 10.0. The summed E-state index contributed by atoms with van der Waals surface area (Å²) in [5.74, 6) is 0.877. The summed E-state index contributed by atoms with van der Waals surface area (Å²) < 4.78 is 5.59. The van der Waals surface area contributed by atoms with Gasteiger partial charge in [0.05, 0.1) is 0 Å². The van der Waals surface area contributed by atoms with E-state index in [9.17, 15) is 4.79 Å². The molecule has 0 fully saturated rings.